The minimum Gasteiger partial charge on any atom is -0.497 e. The first-order chi connectivity index (χ1) is 16.5. The third-order valence-electron chi connectivity index (χ3n) is 6.14. The van der Waals surface area contributed by atoms with Crippen LogP contribution in [0.15, 0.2) is 54.7 Å². The number of nitrogens with one attached hydrogen (secondary N) is 2. The Bertz CT molecular complexity index is 1270. The first kappa shape index (κ1) is 21.8. The topological polar surface area (TPSA) is 91.3 Å². The number of urea groups is 1. The molecule has 176 valence electrons. The van der Waals surface area contributed by atoms with Crippen LogP contribution in [0.5, 0.6) is 5.75 Å². The molecule has 0 radical (unpaired) electrons. The van der Waals surface area contributed by atoms with Crippen molar-refractivity contribution in [1.29, 1.82) is 0 Å². The Morgan fingerprint density at radius 2 is 1.74 bits per heavy atom. The average molecular weight is 460 g/mol. The van der Waals surface area contributed by atoms with Gasteiger partial charge in [0.15, 0.2) is 5.65 Å². The number of methoxy groups -OCH3 is 1. The van der Waals surface area contributed by atoms with Crippen LogP contribution in [0.25, 0.3) is 22.6 Å². The van der Waals surface area contributed by atoms with Crippen molar-refractivity contribution in [3.05, 3.63) is 54.7 Å². The molecule has 1 aliphatic rings. The summed E-state index contributed by atoms with van der Waals surface area (Å²) in [5, 5.41) is 7.35. The number of aromatic nitrogens is 4. The predicted octanol–water partition coefficient (Wildman–Crippen LogP) is 4.37. The molecule has 34 heavy (non-hydrogen) atoms. The molecule has 0 aliphatic carbocycles. The molecular weight excluding hydrogens is 430 g/mol. The molecule has 0 spiro atoms. The normalized spacial score (nSPS) is 14.1. The summed E-state index contributed by atoms with van der Waals surface area (Å²) in [7, 11) is 1.62. The first-order valence-electron chi connectivity index (χ1n) is 11.5. The molecule has 4 aromatic rings. The summed E-state index contributed by atoms with van der Waals surface area (Å²) in [4.78, 5) is 24.9. The number of carbonyl (C=O) groups excluding carboxylic acids is 1. The summed E-state index contributed by atoms with van der Waals surface area (Å²) in [6.45, 7) is 7.09. The van der Waals surface area contributed by atoms with Crippen LogP contribution in [-0.4, -0.2) is 64.0 Å². The SMILES string of the molecule is COc1ccc(NC(=O)N2CCN(c3ccc(-c4nc5c(cnn5C(C)C)[nH]4)cc3)CC2)cc1. The predicted molar refractivity (Wildman–Crippen MR) is 133 cm³/mol. The highest BCUT2D eigenvalue weighted by atomic mass is 16.5. The Kier molecular flexibility index (Phi) is 5.83. The second-order valence-corrected chi connectivity index (χ2v) is 8.69. The number of carbonyl (C=O) groups is 1. The zero-order valence-electron chi connectivity index (χ0n) is 19.7. The van der Waals surface area contributed by atoms with Crippen LogP contribution >= 0.6 is 0 Å². The van der Waals surface area contributed by atoms with Gasteiger partial charge < -0.3 is 24.8 Å². The number of aromatic amines is 1. The maximum absolute atomic E-state index is 12.6. The Hall–Kier alpha value is -4.01. The smallest absolute Gasteiger partial charge is 0.321 e. The van der Waals surface area contributed by atoms with Crippen LogP contribution in [0.2, 0.25) is 0 Å². The van der Waals surface area contributed by atoms with Gasteiger partial charge in [0.05, 0.1) is 13.3 Å². The minimum absolute atomic E-state index is 0.0787. The van der Waals surface area contributed by atoms with E-state index in [4.69, 9.17) is 9.72 Å². The van der Waals surface area contributed by atoms with Crippen molar-refractivity contribution in [3.8, 4) is 17.1 Å². The lowest BCUT2D eigenvalue weighted by Crippen LogP contribution is -2.50. The largest absolute Gasteiger partial charge is 0.497 e. The van der Waals surface area contributed by atoms with Crippen molar-refractivity contribution >= 4 is 28.6 Å². The van der Waals surface area contributed by atoms with Crippen LogP contribution in [0.4, 0.5) is 16.2 Å². The number of hydrogen-bond donors (Lipinski definition) is 2. The van der Waals surface area contributed by atoms with Gasteiger partial charge in [0.2, 0.25) is 0 Å². The van der Waals surface area contributed by atoms with E-state index in [1.54, 1.807) is 7.11 Å². The summed E-state index contributed by atoms with van der Waals surface area (Å²) < 4.78 is 7.09. The molecule has 0 unspecified atom stereocenters. The van der Waals surface area contributed by atoms with Crippen molar-refractivity contribution < 1.29 is 9.53 Å². The number of fused-ring (bicyclic) bond motifs is 1. The highest BCUT2D eigenvalue weighted by Gasteiger charge is 2.21. The van der Waals surface area contributed by atoms with Crippen LogP contribution in [0.3, 0.4) is 0 Å². The minimum atomic E-state index is -0.0787. The fourth-order valence-electron chi connectivity index (χ4n) is 4.21. The van der Waals surface area contributed by atoms with Gasteiger partial charge in [-0.25, -0.2) is 14.5 Å². The molecule has 0 saturated carbocycles. The van der Waals surface area contributed by atoms with Crippen molar-refractivity contribution in [3.63, 3.8) is 0 Å². The van der Waals surface area contributed by atoms with Crippen LogP contribution in [-0.2, 0) is 0 Å². The van der Waals surface area contributed by atoms with E-state index in [1.165, 1.54) is 0 Å². The number of nitrogens with zero attached hydrogens (tertiary/aromatic N) is 5. The molecule has 2 N–H and O–H groups in total. The van der Waals surface area contributed by atoms with Gasteiger partial charge in [0.25, 0.3) is 0 Å². The van der Waals surface area contributed by atoms with E-state index in [2.05, 4.69) is 58.4 Å². The van der Waals surface area contributed by atoms with E-state index in [-0.39, 0.29) is 12.1 Å². The zero-order valence-corrected chi connectivity index (χ0v) is 19.7. The number of amides is 2. The fraction of sp³-hybridized carbons (Fsp3) is 0.320. The number of piperazine rings is 1. The second-order valence-electron chi connectivity index (χ2n) is 8.69. The average Bonchev–Trinajstić information content (AvgIpc) is 3.46. The molecule has 2 aromatic carbocycles. The van der Waals surface area contributed by atoms with E-state index >= 15 is 0 Å². The van der Waals surface area contributed by atoms with Gasteiger partial charge in [-0.15, -0.1) is 0 Å². The van der Waals surface area contributed by atoms with Crippen molar-refractivity contribution in [1.82, 2.24) is 24.6 Å². The molecule has 0 bridgehead atoms. The van der Waals surface area contributed by atoms with Gasteiger partial charge in [-0.05, 0) is 62.4 Å². The van der Waals surface area contributed by atoms with Crippen molar-refractivity contribution in [2.75, 3.05) is 43.5 Å². The maximum atomic E-state index is 12.6. The zero-order chi connectivity index (χ0) is 23.7. The van der Waals surface area contributed by atoms with Gasteiger partial charge in [0, 0.05) is 49.2 Å². The molecule has 3 heterocycles. The Balaban J connectivity index is 1.19. The number of H-pyrrole nitrogens is 1. The van der Waals surface area contributed by atoms with E-state index in [9.17, 15) is 4.79 Å². The molecule has 9 heteroatoms. The van der Waals surface area contributed by atoms with E-state index in [1.807, 2.05) is 40.0 Å². The third kappa shape index (κ3) is 4.28. The molecule has 1 aliphatic heterocycles. The van der Waals surface area contributed by atoms with Crippen molar-refractivity contribution in [2.24, 2.45) is 0 Å². The van der Waals surface area contributed by atoms with Crippen LogP contribution < -0.4 is 15.0 Å². The Labute approximate surface area is 198 Å². The van der Waals surface area contributed by atoms with Gasteiger partial charge in [-0.3, -0.25) is 0 Å². The highest BCUT2D eigenvalue weighted by Crippen LogP contribution is 2.25. The first-order valence-corrected chi connectivity index (χ1v) is 11.5. The Morgan fingerprint density at radius 1 is 1.03 bits per heavy atom. The van der Waals surface area contributed by atoms with Crippen LogP contribution in [0.1, 0.15) is 19.9 Å². The maximum Gasteiger partial charge on any atom is 0.321 e. The molecule has 2 amide bonds. The monoisotopic (exact) mass is 459 g/mol. The molecule has 5 rings (SSSR count). The molecule has 0 atom stereocenters. The molecule has 2 aromatic heterocycles. The quantitative estimate of drug-likeness (QED) is 0.462. The summed E-state index contributed by atoms with van der Waals surface area (Å²) in [6.07, 6.45) is 1.82. The van der Waals surface area contributed by atoms with Gasteiger partial charge >= 0.3 is 6.03 Å². The summed E-state index contributed by atoms with van der Waals surface area (Å²) in [5.74, 6) is 1.61. The highest BCUT2D eigenvalue weighted by molar-refractivity contribution is 5.89. The standard InChI is InChI=1S/C25H29N7O2/c1-17(2)32-24-22(16-26-32)28-23(29-24)18-4-8-20(9-5-18)30-12-14-31(15-13-30)25(33)27-19-6-10-21(34-3)11-7-19/h4-11,16-17H,12-15H2,1-3H3,(H,27,33)(H,28,29). The fourth-order valence-corrected chi connectivity index (χ4v) is 4.21. The summed E-state index contributed by atoms with van der Waals surface area (Å²) in [5.41, 5.74) is 4.75. The van der Waals surface area contributed by atoms with E-state index < -0.39 is 0 Å². The lowest BCUT2D eigenvalue weighted by molar-refractivity contribution is 0.208. The number of anilines is 2. The van der Waals surface area contributed by atoms with Gasteiger partial charge in [-0.1, -0.05) is 0 Å². The number of hydrogen-bond acceptors (Lipinski definition) is 5. The lowest BCUT2D eigenvalue weighted by atomic mass is 10.1. The number of imidazole rings is 1. The summed E-state index contributed by atoms with van der Waals surface area (Å²) >= 11 is 0. The molecule has 9 nitrogen and oxygen atoms in total. The number of benzene rings is 2. The van der Waals surface area contributed by atoms with Crippen molar-refractivity contribution in [2.45, 2.75) is 19.9 Å². The molecule has 1 saturated heterocycles. The molecular formula is C25H29N7O2. The van der Waals surface area contributed by atoms with E-state index in [0.717, 1.165) is 52.8 Å². The lowest BCUT2D eigenvalue weighted by Gasteiger charge is -2.36. The summed E-state index contributed by atoms with van der Waals surface area (Å²) in [6, 6.07) is 15.9. The van der Waals surface area contributed by atoms with E-state index in [0.29, 0.717) is 13.1 Å². The van der Waals surface area contributed by atoms with Crippen LogP contribution in [0, 0.1) is 0 Å². The second kappa shape index (κ2) is 9.09. The molecule has 1 fully saturated rings. The van der Waals surface area contributed by atoms with Gasteiger partial charge in [-0.2, -0.15) is 5.10 Å². The third-order valence-corrected chi connectivity index (χ3v) is 6.14. The number of rotatable bonds is 5. The Morgan fingerprint density at radius 3 is 2.38 bits per heavy atom. The van der Waals surface area contributed by atoms with Gasteiger partial charge in [0.1, 0.15) is 17.1 Å². The number of ether oxygens (including phenoxy) is 1.